The molecule has 0 atom stereocenters. The van der Waals surface area contributed by atoms with E-state index in [1.165, 1.54) is 0 Å². The lowest BCUT2D eigenvalue weighted by atomic mass is 10.1. The number of anilines is 1. The molecular weight excluding hydrogens is 248 g/mol. The summed E-state index contributed by atoms with van der Waals surface area (Å²) in [7, 11) is 0. The van der Waals surface area contributed by atoms with Crippen LogP contribution in [0.5, 0.6) is 0 Å². The summed E-state index contributed by atoms with van der Waals surface area (Å²) in [5.41, 5.74) is 2.45. The zero-order valence-electron chi connectivity index (χ0n) is 11.1. The van der Waals surface area contributed by atoms with Crippen molar-refractivity contribution in [2.24, 2.45) is 0 Å². The number of nitrogens with one attached hydrogen (secondary N) is 1. The maximum Gasteiger partial charge on any atom is 0.255 e. The Morgan fingerprint density at radius 3 is 2.75 bits per heavy atom. The Morgan fingerprint density at radius 1 is 1.05 bits per heavy atom. The molecule has 1 N–H and O–H groups in total. The topological polar surface area (TPSA) is 42.0 Å². The third-order valence-electron chi connectivity index (χ3n) is 3.20. The number of hydrogen-bond donors (Lipinski definition) is 1. The standard InChI is InChI=1S/C17H14N2O/c1-12-5-4-7-13(9-12)17(20)19-16-11-18-10-14-6-2-3-8-15(14)16/h2-11H,1H3,(H,19,20). The summed E-state index contributed by atoms with van der Waals surface area (Å²) in [5.74, 6) is -0.119. The summed E-state index contributed by atoms with van der Waals surface area (Å²) in [6, 6.07) is 15.4. The molecule has 0 spiro atoms. The van der Waals surface area contributed by atoms with Crippen LogP contribution >= 0.6 is 0 Å². The Morgan fingerprint density at radius 2 is 1.90 bits per heavy atom. The van der Waals surface area contributed by atoms with E-state index in [0.717, 1.165) is 22.0 Å². The molecule has 0 fully saturated rings. The lowest BCUT2D eigenvalue weighted by molar-refractivity contribution is 0.102. The zero-order chi connectivity index (χ0) is 13.9. The third-order valence-corrected chi connectivity index (χ3v) is 3.20. The number of benzene rings is 2. The predicted octanol–water partition coefficient (Wildman–Crippen LogP) is 3.80. The number of amides is 1. The molecule has 1 aromatic heterocycles. The van der Waals surface area contributed by atoms with Gasteiger partial charge in [0.25, 0.3) is 5.91 Å². The van der Waals surface area contributed by atoms with Gasteiger partial charge in [-0.3, -0.25) is 9.78 Å². The van der Waals surface area contributed by atoms with E-state index in [1.54, 1.807) is 18.5 Å². The second kappa shape index (κ2) is 5.13. The van der Waals surface area contributed by atoms with Crippen molar-refractivity contribution in [3.8, 4) is 0 Å². The number of carbonyl (C=O) groups excluding carboxylic acids is 1. The molecule has 0 radical (unpaired) electrons. The summed E-state index contributed by atoms with van der Waals surface area (Å²) < 4.78 is 0. The fraction of sp³-hybridized carbons (Fsp3) is 0.0588. The predicted molar refractivity (Wildman–Crippen MR) is 80.9 cm³/mol. The molecule has 3 rings (SSSR count). The fourth-order valence-electron chi connectivity index (χ4n) is 2.20. The zero-order valence-corrected chi connectivity index (χ0v) is 11.1. The normalized spacial score (nSPS) is 10.4. The highest BCUT2D eigenvalue weighted by Gasteiger charge is 2.08. The number of rotatable bonds is 2. The van der Waals surface area contributed by atoms with Gasteiger partial charge in [-0.25, -0.2) is 0 Å². The Bertz CT molecular complexity index is 775. The first-order chi connectivity index (χ1) is 9.74. The van der Waals surface area contributed by atoms with Gasteiger partial charge in [-0.15, -0.1) is 0 Å². The fourth-order valence-corrected chi connectivity index (χ4v) is 2.20. The van der Waals surface area contributed by atoms with Crippen LogP contribution in [0.15, 0.2) is 60.9 Å². The number of aryl methyl sites for hydroxylation is 1. The van der Waals surface area contributed by atoms with Crippen molar-refractivity contribution >= 4 is 22.4 Å². The van der Waals surface area contributed by atoms with Crippen LogP contribution in [-0.4, -0.2) is 10.9 Å². The maximum absolute atomic E-state index is 12.3. The van der Waals surface area contributed by atoms with E-state index in [2.05, 4.69) is 10.3 Å². The number of pyridine rings is 1. The van der Waals surface area contributed by atoms with Crippen LogP contribution in [0, 0.1) is 6.92 Å². The molecule has 0 bridgehead atoms. The molecule has 0 aliphatic rings. The number of aromatic nitrogens is 1. The second-order valence-corrected chi connectivity index (χ2v) is 4.73. The first-order valence-corrected chi connectivity index (χ1v) is 6.45. The first kappa shape index (κ1) is 12.4. The molecule has 3 heteroatoms. The summed E-state index contributed by atoms with van der Waals surface area (Å²) in [4.78, 5) is 16.4. The van der Waals surface area contributed by atoms with E-state index < -0.39 is 0 Å². The van der Waals surface area contributed by atoms with Crippen molar-refractivity contribution < 1.29 is 4.79 Å². The van der Waals surface area contributed by atoms with Crippen LogP contribution in [0.3, 0.4) is 0 Å². The van der Waals surface area contributed by atoms with Crippen LogP contribution in [-0.2, 0) is 0 Å². The van der Waals surface area contributed by atoms with E-state index in [-0.39, 0.29) is 5.91 Å². The van der Waals surface area contributed by atoms with Gasteiger partial charge < -0.3 is 5.32 Å². The summed E-state index contributed by atoms with van der Waals surface area (Å²) in [5, 5.41) is 4.93. The number of nitrogens with zero attached hydrogens (tertiary/aromatic N) is 1. The quantitative estimate of drug-likeness (QED) is 0.763. The Hall–Kier alpha value is -2.68. The van der Waals surface area contributed by atoms with Gasteiger partial charge in [-0.1, -0.05) is 42.0 Å². The monoisotopic (exact) mass is 262 g/mol. The molecule has 0 unspecified atom stereocenters. The summed E-state index contributed by atoms with van der Waals surface area (Å²) in [6.07, 6.45) is 3.47. The molecule has 1 heterocycles. The maximum atomic E-state index is 12.3. The minimum Gasteiger partial charge on any atom is -0.320 e. The lowest BCUT2D eigenvalue weighted by Crippen LogP contribution is -2.12. The van der Waals surface area contributed by atoms with Crippen LogP contribution < -0.4 is 5.32 Å². The minimum absolute atomic E-state index is 0.119. The third kappa shape index (κ3) is 2.38. The van der Waals surface area contributed by atoms with E-state index in [0.29, 0.717) is 5.56 Å². The summed E-state index contributed by atoms with van der Waals surface area (Å²) >= 11 is 0. The molecular formula is C17H14N2O. The van der Waals surface area contributed by atoms with Gasteiger partial charge >= 0.3 is 0 Å². The van der Waals surface area contributed by atoms with Crippen molar-refractivity contribution in [1.29, 1.82) is 0 Å². The van der Waals surface area contributed by atoms with Crippen molar-refractivity contribution in [1.82, 2.24) is 4.98 Å². The van der Waals surface area contributed by atoms with Crippen molar-refractivity contribution in [3.63, 3.8) is 0 Å². The molecule has 20 heavy (non-hydrogen) atoms. The molecule has 0 saturated carbocycles. The molecule has 0 aliphatic carbocycles. The average Bonchev–Trinajstić information content (AvgIpc) is 2.47. The number of carbonyl (C=O) groups is 1. The van der Waals surface area contributed by atoms with Crippen LogP contribution in [0.25, 0.3) is 10.8 Å². The van der Waals surface area contributed by atoms with E-state index in [1.807, 2.05) is 49.4 Å². The Kier molecular flexibility index (Phi) is 3.17. The van der Waals surface area contributed by atoms with Crippen molar-refractivity contribution in [2.75, 3.05) is 5.32 Å². The van der Waals surface area contributed by atoms with Crippen LogP contribution in [0.4, 0.5) is 5.69 Å². The molecule has 3 aromatic rings. The van der Waals surface area contributed by atoms with Crippen LogP contribution in [0.1, 0.15) is 15.9 Å². The van der Waals surface area contributed by atoms with E-state index in [9.17, 15) is 4.79 Å². The SMILES string of the molecule is Cc1cccc(C(=O)Nc2cncc3ccccc23)c1. The van der Waals surface area contributed by atoms with Gasteiger partial charge in [0.05, 0.1) is 11.9 Å². The van der Waals surface area contributed by atoms with Crippen molar-refractivity contribution in [3.05, 3.63) is 72.1 Å². The lowest BCUT2D eigenvalue weighted by Gasteiger charge is -2.08. The molecule has 0 aliphatic heterocycles. The average molecular weight is 262 g/mol. The highest BCUT2D eigenvalue weighted by Crippen LogP contribution is 2.22. The van der Waals surface area contributed by atoms with Gasteiger partial charge in [-0.05, 0) is 19.1 Å². The summed E-state index contributed by atoms with van der Waals surface area (Å²) in [6.45, 7) is 1.97. The van der Waals surface area contributed by atoms with Gasteiger partial charge in [0.15, 0.2) is 0 Å². The van der Waals surface area contributed by atoms with Gasteiger partial charge in [0.1, 0.15) is 0 Å². The highest BCUT2D eigenvalue weighted by atomic mass is 16.1. The minimum atomic E-state index is -0.119. The molecule has 98 valence electrons. The number of fused-ring (bicyclic) bond motifs is 1. The largest absolute Gasteiger partial charge is 0.320 e. The molecule has 2 aromatic carbocycles. The van der Waals surface area contributed by atoms with Gasteiger partial charge in [0.2, 0.25) is 0 Å². The smallest absolute Gasteiger partial charge is 0.255 e. The van der Waals surface area contributed by atoms with Crippen LogP contribution in [0.2, 0.25) is 0 Å². The molecule has 3 nitrogen and oxygen atoms in total. The second-order valence-electron chi connectivity index (χ2n) is 4.73. The van der Waals surface area contributed by atoms with Gasteiger partial charge in [-0.2, -0.15) is 0 Å². The Balaban J connectivity index is 1.95. The molecule has 0 saturated heterocycles. The molecule has 1 amide bonds. The van der Waals surface area contributed by atoms with Gasteiger partial charge in [0, 0.05) is 22.5 Å². The van der Waals surface area contributed by atoms with E-state index >= 15 is 0 Å². The Labute approximate surface area is 117 Å². The van der Waals surface area contributed by atoms with E-state index in [4.69, 9.17) is 0 Å². The first-order valence-electron chi connectivity index (χ1n) is 6.45. The van der Waals surface area contributed by atoms with Crippen molar-refractivity contribution in [2.45, 2.75) is 6.92 Å². The number of hydrogen-bond acceptors (Lipinski definition) is 2. The highest BCUT2D eigenvalue weighted by molar-refractivity contribution is 6.08.